The molecule has 2 rings (SSSR count). The van der Waals surface area contributed by atoms with Gasteiger partial charge in [0, 0.05) is 3.92 Å². The molecule has 0 bridgehead atoms. The first kappa shape index (κ1) is 9.29. The first-order chi connectivity index (χ1) is 5.72. The van der Waals surface area contributed by atoms with Gasteiger partial charge in [-0.1, -0.05) is 42.4 Å². The summed E-state index contributed by atoms with van der Waals surface area (Å²) in [6.45, 7) is 2.45. The minimum Gasteiger partial charge on any atom is -0.0823 e. The standard InChI is InChI=1S/C11H19I/c1-9-8-11(5-2-3-6-11)7-4-10(9)12/h9-10H,2-8H2,1H3. The first-order valence-electron chi connectivity index (χ1n) is 5.36. The van der Waals surface area contributed by atoms with Gasteiger partial charge >= 0.3 is 0 Å². The van der Waals surface area contributed by atoms with E-state index in [2.05, 4.69) is 29.5 Å². The maximum atomic E-state index is 2.65. The van der Waals surface area contributed by atoms with E-state index in [1.54, 1.807) is 12.8 Å². The maximum Gasteiger partial charge on any atom is 0.0136 e. The van der Waals surface area contributed by atoms with Crippen molar-refractivity contribution in [3.05, 3.63) is 0 Å². The van der Waals surface area contributed by atoms with Crippen LogP contribution in [-0.4, -0.2) is 3.92 Å². The Morgan fingerprint density at radius 3 is 2.42 bits per heavy atom. The highest BCUT2D eigenvalue weighted by Crippen LogP contribution is 2.51. The summed E-state index contributed by atoms with van der Waals surface area (Å²) in [4.78, 5) is 0. The van der Waals surface area contributed by atoms with Gasteiger partial charge < -0.3 is 0 Å². The average Bonchev–Trinajstić information content (AvgIpc) is 2.47. The van der Waals surface area contributed by atoms with Gasteiger partial charge in [-0.05, 0) is 43.4 Å². The van der Waals surface area contributed by atoms with Gasteiger partial charge in [0.2, 0.25) is 0 Å². The lowest BCUT2D eigenvalue weighted by molar-refractivity contribution is 0.162. The second-order valence-electron chi connectivity index (χ2n) is 4.94. The second kappa shape index (κ2) is 3.47. The zero-order chi connectivity index (χ0) is 8.60. The van der Waals surface area contributed by atoms with Crippen LogP contribution >= 0.6 is 22.6 Å². The van der Waals surface area contributed by atoms with E-state index >= 15 is 0 Å². The highest BCUT2D eigenvalue weighted by molar-refractivity contribution is 14.1. The van der Waals surface area contributed by atoms with Crippen LogP contribution in [0.25, 0.3) is 0 Å². The third-order valence-electron chi connectivity index (χ3n) is 3.99. The molecule has 70 valence electrons. The van der Waals surface area contributed by atoms with Gasteiger partial charge in [0.15, 0.2) is 0 Å². The predicted molar refractivity (Wildman–Crippen MR) is 61.7 cm³/mol. The molecule has 0 saturated heterocycles. The predicted octanol–water partition coefficient (Wildman–Crippen LogP) is 4.17. The number of hydrogen-bond donors (Lipinski definition) is 0. The van der Waals surface area contributed by atoms with E-state index in [4.69, 9.17) is 0 Å². The molecule has 0 aromatic heterocycles. The molecule has 12 heavy (non-hydrogen) atoms. The molecular weight excluding hydrogens is 259 g/mol. The molecule has 2 unspecified atom stereocenters. The van der Waals surface area contributed by atoms with Crippen LogP contribution in [0.4, 0.5) is 0 Å². The fourth-order valence-electron chi connectivity index (χ4n) is 3.22. The molecule has 0 aromatic carbocycles. The van der Waals surface area contributed by atoms with Gasteiger partial charge in [-0.15, -0.1) is 0 Å². The Balaban J connectivity index is 2.01. The van der Waals surface area contributed by atoms with Gasteiger partial charge in [0.1, 0.15) is 0 Å². The second-order valence-corrected chi connectivity index (χ2v) is 6.54. The zero-order valence-electron chi connectivity index (χ0n) is 7.98. The summed E-state index contributed by atoms with van der Waals surface area (Å²) in [6, 6.07) is 0. The van der Waals surface area contributed by atoms with Crippen molar-refractivity contribution in [2.24, 2.45) is 11.3 Å². The highest BCUT2D eigenvalue weighted by Gasteiger charge is 2.39. The SMILES string of the molecule is CC1CC2(CCCC2)CCC1I. The summed E-state index contributed by atoms with van der Waals surface area (Å²) >= 11 is 2.65. The molecule has 2 fully saturated rings. The van der Waals surface area contributed by atoms with Crippen LogP contribution in [0, 0.1) is 11.3 Å². The number of rotatable bonds is 0. The molecule has 2 saturated carbocycles. The lowest BCUT2D eigenvalue weighted by Crippen LogP contribution is -2.30. The summed E-state index contributed by atoms with van der Waals surface area (Å²) in [6.07, 6.45) is 10.7. The molecule has 0 radical (unpaired) electrons. The topological polar surface area (TPSA) is 0 Å². The number of halogens is 1. The summed E-state index contributed by atoms with van der Waals surface area (Å²) in [5.74, 6) is 0.984. The van der Waals surface area contributed by atoms with Crippen molar-refractivity contribution in [1.82, 2.24) is 0 Å². The lowest BCUT2D eigenvalue weighted by Gasteiger charge is -2.39. The van der Waals surface area contributed by atoms with Crippen molar-refractivity contribution >= 4 is 22.6 Å². The van der Waals surface area contributed by atoms with E-state index in [0.29, 0.717) is 0 Å². The molecule has 1 heteroatoms. The van der Waals surface area contributed by atoms with E-state index in [1.165, 1.54) is 32.1 Å². The highest BCUT2D eigenvalue weighted by atomic mass is 127. The van der Waals surface area contributed by atoms with Crippen molar-refractivity contribution in [3.63, 3.8) is 0 Å². The molecule has 2 atom stereocenters. The normalized spacial score (nSPS) is 40.5. The van der Waals surface area contributed by atoms with Gasteiger partial charge in [-0.3, -0.25) is 0 Å². The Morgan fingerprint density at radius 2 is 1.83 bits per heavy atom. The maximum absolute atomic E-state index is 2.65. The van der Waals surface area contributed by atoms with Gasteiger partial charge in [0.05, 0.1) is 0 Å². The van der Waals surface area contributed by atoms with Crippen LogP contribution < -0.4 is 0 Å². The van der Waals surface area contributed by atoms with Crippen molar-refractivity contribution in [2.75, 3.05) is 0 Å². The quantitative estimate of drug-likeness (QED) is 0.461. The molecule has 0 aliphatic heterocycles. The van der Waals surface area contributed by atoms with Crippen molar-refractivity contribution in [2.45, 2.75) is 55.8 Å². The Bertz CT molecular complexity index is 158. The fourth-order valence-corrected chi connectivity index (χ4v) is 3.79. The van der Waals surface area contributed by atoms with Gasteiger partial charge in [-0.25, -0.2) is 0 Å². The van der Waals surface area contributed by atoms with E-state index in [9.17, 15) is 0 Å². The molecule has 0 amide bonds. The third-order valence-corrected chi connectivity index (χ3v) is 5.84. The molecule has 0 nitrogen and oxygen atoms in total. The number of hydrogen-bond acceptors (Lipinski definition) is 0. The fraction of sp³-hybridized carbons (Fsp3) is 1.00. The Morgan fingerprint density at radius 1 is 1.17 bits per heavy atom. The molecule has 0 aromatic rings. The van der Waals surface area contributed by atoms with Crippen LogP contribution in [0.3, 0.4) is 0 Å². The summed E-state index contributed by atoms with van der Waals surface area (Å²) in [7, 11) is 0. The van der Waals surface area contributed by atoms with E-state index in [0.717, 1.165) is 15.3 Å². The monoisotopic (exact) mass is 278 g/mol. The summed E-state index contributed by atoms with van der Waals surface area (Å²) in [5.41, 5.74) is 0.821. The molecule has 0 heterocycles. The third kappa shape index (κ3) is 1.66. The minimum absolute atomic E-state index is 0.821. The van der Waals surface area contributed by atoms with E-state index in [-0.39, 0.29) is 0 Å². The summed E-state index contributed by atoms with van der Waals surface area (Å²) < 4.78 is 0.967. The zero-order valence-corrected chi connectivity index (χ0v) is 10.1. The molecule has 1 spiro atoms. The molecule has 2 aliphatic carbocycles. The smallest absolute Gasteiger partial charge is 0.0136 e. The van der Waals surface area contributed by atoms with Gasteiger partial charge in [0.25, 0.3) is 0 Å². The van der Waals surface area contributed by atoms with Crippen molar-refractivity contribution in [1.29, 1.82) is 0 Å². The van der Waals surface area contributed by atoms with E-state index < -0.39 is 0 Å². The molecule has 2 aliphatic rings. The lowest BCUT2D eigenvalue weighted by atomic mass is 9.69. The first-order valence-corrected chi connectivity index (χ1v) is 6.61. The van der Waals surface area contributed by atoms with Gasteiger partial charge in [-0.2, -0.15) is 0 Å². The van der Waals surface area contributed by atoms with E-state index in [1.807, 2.05) is 0 Å². The Hall–Kier alpha value is 0.730. The Labute approximate surface area is 89.6 Å². The van der Waals surface area contributed by atoms with Crippen LogP contribution in [0.5, 0.6) is 0 Å². The Kier molecular flexibility index (Phi) is 2.69. The van der Waals surface area contributed by atoms with Crippen LogP contribution in [0.1, 0.15) is 51.9 Å². The van der Waals surface area contributed by atoms with Crippen molar-refractivity contribution in [3.8, 4) is 0 Å². The van der Waals surface area contributed by atoms with Crippen LogP contribution in [0.15, 0.2) is 0 Å². The largest absolute Gasteiger partial charge is 0.0823 e. The summed E-state index contributed by atoms with van der Waals surface area (Å²) in [5, 5.41) is 0. The number of alkyl halides is 1. The molecule has 0 N–H and O–H groups in total. The minimum atomic E-state index is 0.821. The van der Waals surface area contributed by atoms with Crippen LogP contribution in [-0.2, 0) is 0 Å². The molecular formula is C11H19I. The van der Waals surface area contributed by atoms with Crippen LogP contribution in [0.2, 0.25) is 0 Å². The van der Waals surface area contributed by atoms with Crippen molar-refractivity contribution < 1.29 is 0 Å². The average molecular weight is 278 g/mol.